The van der Waals surface area contributed by atoms with Crippen molar-refractivity contribution < 1.29 is 23.1 Å². The molecule has 7 heteroatoms. The molecule has 2 aromatic rings. The highest BCUT2D eigenvalue weighted by molar-refractivity contribution is 7.09. The van der Waals surface area contributed by atoms with Crippen molar-refractivity contribution in [2.24, 2.45) is 0 Å². The number of nitrogens with zero attached hydrogens (tertiary/aromatic N) is 1. The number of alkyl halides is 3. The fourth-order valence-corrected chi connectivity index (χ4v) is 3.56. The lowest BCUT2D eigenvalue weighted by Crippen LogP contribution is -2.45. The zero-order chi connectivity index (χ0) is 16.6. The molecule has 0 bridgehead atoms. The summed E-state index contributed by atoms with van der Waals surface area (Å²) in [6, 6.07) is 6.60. The van der Waals surface area contributed by atoms with Crippen molar-refractivity contribution in [2.75, 3.05) is 0 Å². The van der Waals surface area contributed by atoms with Crippen LogP contribution in [0.1, 0.15) is 21.6 Å². The van der Waals surface area contributed by atoms with E-state index in [0.29, 0.717) is 17.7 Å². The standard InChI is InChI=1S/C16H14F3NO2S/c17-16(18,19)12-4-3-10-7-14(15(21)22)20(8-11(10)6-12)9-13-2-1-5-23-13/h1-6,14H,7-9H2,(H,21,22)/t14-/m1/s1. The molecule has 3 rings (SSSR count). The summed E-state index contributed by atoms with van der Waals surface area (Å²) in [4.78, 5) is 14.2. The molecule has 1 aliphatic rings. The van der Waals surface area contributed by atoms with Crippen LogP contribution in [0.3, 0.4) is 0 Å². The second-order valence-corrected chi connectivity index (χ2v) is 6.56. The molecule has 23 heavy (non-hydrogen) atoms. The molecule has 122 valence electrons. The van der Waals surface area contributed by atoms with Crippen LogP contribution in [0.25, 0.3) is 0 Å². The Morgan fingerprint density at radius 3 is 2.70 bits per heavy atom. The van der Waals surface area contributed by atoms with Crippen LogP contribution in [0.5, 0.6) is 0 Å². The van der Waals surface area contributed by atoms with E-state index in [-0.39, 0.29) is 13.0 Å². The number of carboxylic acids is 1. The van der Waals surface area contributed by atoms with Crippen molar-refractivity contribution in [3.8, 4) is 0 Å². The lowest BCUT2D eigenvalue weighted by molar-refractivity contribution is -0.144. The minimum Gasteiger partial charge on any atom is -0.480 e. The summed E-state index contributed by atoms with van der Waals surface area (Å²) < 4.78 is 38.6. The molecule has 1 N–H and O–H groups in total. The molecule has 1 atom stereocenters. The predicted molar refractivity (Wildman–Crippen MR) is 80.1 cm³/mol. The van der Waals surface area contributed by atoms with Crippen molar-refractivity contribution >= 4 is 17.3 Å². The average molecular weight is 341 g/mol. The van der Waals surface area contributed by atoms with Gasteiger partial charge in [-0.05, 0) is 41.1 Å². The highest BCUT2D eigenvalue weighted by atomic mass is 32.1. The van der Waals surface area contributed by atoms with Gasteiger partial charge in [-0.2, -0.15) is 13.2 Å². The Morgan fingerprint density at radius 2 is 2.09 bits per heavy atom. The smallest absolute Gasteiger partial charge is 0.416 e. The minimum atomic E-state index is -4.39. The maximum Gasteiger partial charge on any atom is 0.416 e. The van der Waals surface area contributed by atoms with Crippen molar-refractivity contribution in [1.82, 2.24) is 4.90 Å². The van der Waals surface area contributed by atoms with Crippen LogP contribution in [0.15, 0.2) is 35.7 Å². The van der Waals surface area contributed by atoms with Crippen LogP contribution in [0.2, 0.25) is 0 Å². The molecule has 3 nitrogen and oxygen atoms in total. The van der Waals surface area contributed by atoms with E-state index in [2.05, 4.69) is 0 Å². The molecule has 0 saturated carbocycles. The van der Waals surface area contributed by atoms with Gasteiger partial charge in [-0.1, -0.05) is 12.1 Å². The Kier molecular flexibility index (Phi) is 4.16. The third-order valence-electron chi connectivity index (χ3n) is 3.99. The number of aliphatic carboxylic acids is 1. The molecule has 0 radical (unpaired) electrons. The molecule has 0 aliphatic carbocycles. The monoisotopic (exact) mass is 341 g/mol. The summed E-state index contributed by atoms with van der Waals surface area (Å²) in [5.41, 5.74) is 0.530. The highest BCUT2D eigenvalue weighted by Crippen LogP contribution is 2.33. The predicted octanol–water partition coefficient (Wildman–Crippen LogP) is 3.78. The summed E-state index contributed by atoms with van der Waals surface area (Å²) >= 11 is 1.50. The van der Waals surface area contributed by atoms with E-state index in [9.17, 15) is 23.1 Å². The van der Waals surface area contributed by atoms with Crippen LogP contribution in [0.4, 0.5) is 13.2 Å². The van der Waals surface area contributed by atoms with Gasteiger partial charge in [-0.3, -0.25) is 9.69 Å². The molecule has 1 aliphatic heterocycles. The summed E-state index contributed by atoms with van der Waals surface area (Å²) in [5, 5.41) is 11.3. The van der Waals surface area contributed by atoms with E-state index in [0.717, 1.165) is 17.0 Å². The Balaban J connectivity index is 1.91. The third-order valence-corrected chi connectivity index (χ3v) is 4.85. The number of rotatable bonds is 3. The van der Waals surface area contributed by atoms with Crippen molar-refractivity contribution in [1.29, 1.82) is 0 Å². The molecule has 2 heterocycles. The van der Waals surface area contributed by atoms with Gasteiger partial charge >= 0.3 is 12.1 Å². The number of thiophene rings is 1. The molecular formula is C16H14F3NO2S. The minimum absolute atomic E-state index is 0.202. The summed E-state index contributed by atoms with van der Waals surface area (Å²) in [6.45, 7) is 0.623. The second-order valence-electron chi connectivity index (χ2n) is 5.52. The van der Waals surface area contributed by atoms with Crippen LogP contribution in [0, 0.1) is 0 Å². The number of carbonyl (C=O) groups is 1. The lowest BCUT2D eigenvalue weighted by atomic mass is 9.92. The normalized spacial score (nSPS) is 18.7. The van der Waals surface area contributed by atoms with E-state index in [4.69, 9.17) is 0 Å². The van der Waals surface area contributed by atoms with Gasteiger partial charge in [0.2, 0.25) is 0 Å². The molecule has 0 unspecified atom stereocenters. The summed E-state index contributed by atoms with van der Waals surface area (Å²) in [5.74, 6) is -0.952. The van der Waals surface area contributed by atoms with Gasteiger partial charge in [0, 0.05) is 18.0 Å². The van der Waals surface area contributed by atoms with Gasteiger partial charge in [0.05, 0.1) is 5.56 Å². The number of benzene rings is 1. The number of fused-ring (bicyclic) bond motifs is 1. The van der Waals surface area contributed by atoms with Crippen molar-refractivity contribution in [3.05, 3.63) is 57.3 Å². The quantitative estimate of drug-likeness (QED) is 0.924. The molecule has 0 saturated heterocycles. The average Bonchev–Trinajstić information content (AvgIpc) is 2.97. The van der Waals surface area contributed by atoms with Crippen LogP contribution >= 0.6 is 11.3 Å². The topological polar surface area (TPSA) is 40.5 Å². The molecular weight excluding hydrogens is 327 g/mol. The number of halogens is 3. The van der Waals surface area contributed by atoms with E-state index in [1.165, 1.54) is 17.4 Å². The molecule has 1 aromatic carbocycles. The highest BCUT2D eigenvalue weighted by Gasteiger charge is 2.35. The molecule has 0 spiro atoms. The Hall–Kier alpha value is -1.86. The van der Waals surface area contributed by atoms with Gasteiger partial charge in [0.15, 0.2) is 0 Å². The first kappa shape index (κ1) is 16.0. The molecule has 0 amide bonds. The van der Waals surface area contributed by atoms with E-state index < -0.39 is 23.8 Å². The van der Waals surface area contributed by atoms with Crippen LogP contribution in [-0.4, -0.2) is 22.0 Å². The van der Waals surface area contributed by atoms with Crippen molar-refractivity contribution in [2.45, 2.75) is 31.7 Å². The number of hydrogen-bond acceptors (Lipinski definition) is 3. The number of hydrogen-bond donors (Lipinski definition) is 1. The third kappa shape index (κ3) is 3.40. The lowest BCUT2D eigenvalue weighted by Gasteiger charge is -2.34. The Bertz CT molecular complexity index is 713. The van der Waals surface area contributed by atoms with Gasteiger partial charge in [0.1, 0.15) is 6.04 Å². The second kappa shape index (κ2) is 5.98. The van der Waals surface area contributed by atoms with Gasteiger partial charge < -0.3 is 5.11 Å². The van der Waals surface area contributed by atoms with Crippen LogP contribution < -0.4 is 0 Å². The van der Waals surface area contributed by atoms with Gasteiger partial charge in [0.25, 0.3) is 0 Å². The fourth-order valence-electron chi connectivity index (χ4n) is 2.83. The van der Waals surface area contributed by atoms with Gasteiger partial charge in [-0.25, -0.2) is 0 Å². The Labute approximate surface area is 135 Å². The Morgan fingerprint density at radius 1 is 1.30 bits per heavy atom. The first-order valence-corrected chi connectivity index (χ1v) is 7.91. The number of carboxylic acid groups (broad SMARTS) is 1. The van der Waals surface area contributed by atoms with E-state index in [1.54, 1.807) is 4.90 Å². The van der Waals surface area contributed by atoms with E-state index >= 15 is 0 Å². The fraction of sp³-hybridized carbons (Fsp3) is 0.312. The van der Waals surface area contributed by atoms with Gasteiger partial charge in [-0.15, -0.1) is 11.3 Å². The first-order valence-electron chi connectivity index (χ1n) is 7.03. The van der Waals surface area contributed by atoms with Crippen molar-refractivity contribution in [3.63, 3.8) is 0 Å². The summed E-state index contributed by atoms with van der Waals surface area (Å²) in [7, 11) is 0. The maximum absolute atomic E-state index is 12.9. The van der Waals surface area contributed by atoms with Crippen LogP contribution in [-0.2, 0) is 30.5 Å². The maximum atomic E-state index is 12.9. The molecule has 0 fully saturated rings. The first-order chi connectivity index (χ1) is 10.8. The zero-order valence-electron chi connectivity index (χ0n) is 12.0. The molecule has 1 aromatic heterocycles. The summed E-state index contributed by atoms with van der Waals surface area (Å²) in [6.07, 6.45) is -4.18. The van der Waals surface area contributed by atoms with E-state index in [1.807, 2.05) is 17.5 Å². The SMILES string of the molecule is O=C(O)[C@H]1Cc2ccc(C(F)(F)F)cc2CN1Cc1cccs1. The zero-order valence-corrected chi connectivity index (χ0v) is 12.8. The largest absolute Gasteiger partial charge is 0.480 e.